The van der Waals surface area contributed by atoms with Gasteiger partial charge in [0.25, 0.3) is 0 Å². The predicted molar refractivity (Wildman–Crippen MR) is 50.6 cm³/mol. The van der Waals surface area contributed by atoms with Crippen LogP contribution in [-0.4, -0.2) is 0 Å². The first-order valence-electron chi connectivity index (χ1n) is 5.24. The van der Waals surface area contributed by atoms with E-state index in [1.807, 2.05) is 0 Å². The van der Waals surface area contributed by atoms with Gasteiger partial charge in [-0.1, -0.05) is 33.6 Å². The van der Waals surface area contributed by atoms with Crippen LogP contribution in [0.4, 0.5) is 0 Å². The molecule has 0 heterocycles. The maximum atomic E-state index is 2.35. The van der Waals surface area contributed by atoms with Crippen molar-refractivity contribution < 1.29 is 0 Å². The summed E-state index contributed by atoms with van der Waals surface area (Å²) in [5.41, 5.74) is 0. The van der Waals surface area contributed by atoms with Gasteiger partial charge in [0.15, 0.2) is 0 Å². The van der Waals surface area contributed by atoms with Crippen LogP contribution in [0.2, 0.25) is 0 Å². The van der Waals surface area contributed by atoms with Crippen molar-refractivity contribution in [1.29, 1.82) is 0 Å². The first-order valence-corrected chi connectivity index (χ1v) is 5.24. The van der Waals surface area contributed by atoms with Crippen molar-refractivity contribution in [3.63, 3.8) is 0 Å². The highest BCUT2D eigenvalue weighted by Crippen LogP contribution is 2.41. The quantitative estimate of drug-likeness (QED) is 0.577. The second-order valence-corrected chi connectivity index (χ2v) is 4.52. The van der Waals surface area contributed by atoms with Gasteiger partial charge in [0.05, 0.1) is 0 Å². The molecule has 2 unspecified atom stereocenters. The monoisotopic (exact) mass is 154 g/mol. The Morgan fingerprint density at radius 3 is 2.18 bits per heavy atom. The third-order valence-corrected chi connectivity index (χ3v) is 3.01. The van der Waals surface area contributed by atoms with E-state index in [4.69, 9.17) is 0 Å². The van der Waals surface area contributed by atoms with E-state index in [0.717, 1.165) is 17.8 Å². The smallest absolute Gasteiger partial charge is 0.0383 e. The Balaban J connectivity index is 2.15. The molecule has 66 valence electrons. The molecule has 1 fully saturated rings. The summed E-state index contributed by atoms with van der Waals surface area (Å²) in [5, 5.41) is 0. The molecule has 2 atom stereocenters. The maximum Gasteiger partial charge on any atom is -0.0383 e. The highest BCUT2D eigenvalue weighted by Gasteiger charge is 2.29. The van der Waals surface area contributed by atoms with Gasteiger partial charge in [-0.05, 0) is 37.0 Å². The van der Waals surface area contributed by atoms with Crippen molar-refractivity contribution in [2.45, 2.75) is 52.9 Å². The molecule has 1 rings (SSSR count). The van der Waals surface area contributed by atoms with E-state index in [2.05, 4.69) is 20.8 Å². The van der Waals surface area contributed by atoms with E-state index in [9.17, 15) is 0 Å². The zero-order valence-corrected chi connectivity index (χ0v) is 8.27. The van der Waals surface area contributed by atoms with Crippen molar-refractivity contribution in [3.05, 3.63) is 0 Å². The van der Waals surface area contributed by atoms with E-state index >= 15 is 0 Å². The molecule has 0 radical (unpaired) electrons. The Kier molecular flexibility index (Phi) is 3.42. The molecule has 1 aliphatic carbocycles. The maximum absolute atomic E-state index is 2.35. The number of hydrogen-bond acceptors (Lipinski definition) is 0. The average molecular weight is 154 g/mol. The highest BCUT2D eigenvalue weighted by molar-refractivity contribution is 4.80. The number of hydrogen-bond donors (Lipinski definition) is 0. The lowest BCUT2D eigenvalue weighted by Gasteiger charge is -2.37. The average Bonchev–Trinajstić information content (AvgIpc) is 1.93. The molecule has 11 heavy (non-hydrogen) atoms. The Morgan fingerprint density at radius 2 is 1.82 bits per heavy atom. The molecular weight excluding hydrogens is 132 g/mol. The summed E-state index contributed by atoms with van der Waals surface area (Å²) in [6.07, 6.45) is 7.38. The van der Waals surface area contributed by atoms with E-state index in [-0.39, 0.29) is 0 Å². The third-order valence-electron chi connectivity index (χ3n) is 3.01. The Hall–Kier alpha value is 0. The van der Waals surface area contributed by atoms with Crippen LogP contribution in [0, 0.1) is 17.8 Å². The van der Waals surface area contributed by atoms with Crippen LogP contribution in [0.15, 0.2) is 0 Å². The van der Waals surface area contributed by atoms with Crippen molar-refractivity contribution in [1.82, 2.24) is 0 Å². The van der Waals surface area contributed by atoms with Crippen molar-refractivity contribution in [3.8, 4) is 0 Å². The summed E-state index contributed by atoms with van der Waals surface area (Å²) < 4.78 is 0. The fourth-order valence-corrected chi connectivity index (χ4v) is 2.30. The normalized spacial score (nSPS) is 30.5. The number of rotatable bonds is 4. The van der Waals surface area contributed by atoms with Crippen molar-refractivity contribution >= 4 is 0 Å². The zero-order valence-electron chi connectivity index (χ0n) is 8.27. The fourth-order valence-electron chi connectivity index (χ4n) is 2.30. The van der Waals surface area contributed by atoms with Gasteiger partial charge in [0.1, 0.15) is 0 Å². The summed E-state index contributed by atoms with van der Waals surface area (Å²) in [6, 6.07) is 0. The van der Waals surface area contributed by atoms with E-state index in [0.29, 0.717) is 0 Å². The lowest BCUT2D eigenvalue weighted by atomic mass is 9.68. The van der Waals surface area contributed by atoms with Crippen LogP contribution in [0.3, 0.4) is 0 Å². The third kappa shape index (κ3) is 2.50. The first kappa shape index (κ1) is 9.09. The highest BCUT2D eigenvalue weighted by atomic mass is 14.3. The van der Waals surface area contributed by atoms with Crippen LogP contribution >= 0.6 is 0 Å². The lowest BCUT2D eigenvalue weighted by molar-refractivity contribution is 0.136. The molecule has 0 nitrogen and oxygen atoms in total. The molecule has 1 aliphatic rings. The van der Waals surface area contributed by atoms with Gasteiger partial charge in [0.2, 0.25) is 0 Å². The summed E-state index contributed by atoms with van der Waals surface area (Å²) in [7, 11) is 0. The summed E-state index contributed by atoms with van der Waals surface area (Å²) in [5.74, 6) is 3.11. The topological polar surface area (TPSA) is 0 Å². The molecular formula is C11H22. The predicted octanol–water partition coefficient (Wildman–Crippen LogP) is 3.86. The van der Waals surface area contributed by atoms with Gasteiger partial charge in [-0.15, -0.1) is 0 Å². The molecule has 0 aromatic rings. The molecule has 0 aliphatic heterocycles. The minimum atomic E-state index is 0.916. The molecule has 0 bridgehead atoms. The Bertz CT molecular complexity index is 105. The van der Waals surface area contributed by atoms with Gasteiger partial charge in [-0.3, -0.25) is 0 Å². The molecule has 0 N–H and O–H groups in total. The second-order valence-electron chi connectivity index (χ2n) is 4.52. The van der Waals surface area contributed by atoms with Crippen molar-refractivity contribution in [2.24, 2.45) is 17.8 Å². The molecule has 0 heteroatoms. The van der Waals surface area contributed by atoms with Crippen molar-refractivity contribution in [2.75, 3.05) is 0 Å². The van der Waals surface area contributed by atoms with E-state index < -0.39 is 0 Å². The van der Waals surface area contributed by atoms with Gasteiger partial charge in [-0.25, -0.2) is 0 Å². The molecule has 1 saturated carbocycles. The van der Waals surface area contributed by atoms with Gasteiger partial charge >= 0.3 is 0 Å². The minimum Gasteiger partial charge on any atom is -0.0654 e. The van der Waals surface area contributed by atoms with Gasteiger partial charge < -0.3 is 0 Å². The van der Waals surface area contributed by atoms with Crippen LogP contribution < -0.4 is 0 Å². The fraction of sp³-hybridized carbons (Fsp3) is 1.00. The SMILES string of the molecule is CCCC1CCC1CC(C)C. The zero-order chi connectivity index (χ0) is 8.27. The summed E-state index contributed by atoms with van der Waals surface area (Å²) >= 11 is 0. The van der Waals surface area contributed by atoms with Gasteiger partial charge in [-0.2, -0.15) is 0 Å². The van der Waals surface area contributed by atoms with E-state index in [1.165, 1.54) is 32.1 Å². The first-order chi connectivity index (χ1) is 5.24. The molecule has 0 spiro atoms. The molecule has 0 aromatic heterocycles. The standard InChI is InChI=1S/C11H22/c1-4-5-10-6-7-11(10)8-9(2)3/h9-11H,4-8H2,1-3H3. The summed E-state index contributed by atoms with van der Waals surface area (Å²) in [4.78, 5) is 0. The second kappa shape index (κ2) is 4.13. The van der Waals surface area contributed by atoms with Crippen LogP contribution in [0.25, 0.3) is 0 Å². The van der Waals surface area contributed by atoms with Crippen LogP contribution in [0.1, 0.15) is 52.9 Å². The Labute approximate surface area is 71.4 Å². The van der Waals surface area contributed by atoms with Crippen LogP contribution in [-0.2, 0) is 0 Å². The largest absolute Gasteiger partial charge is 0.0654 e. The molecule has 0 saturated heterocycles. The molecule has 0 amide bonds. The summed E-state index contributed by atoms with van der Waals surface area (Å²) in [6.45, 7) is 7.01. The minimum absolute atomic E-state index is 0.916. The van der Waals surface area contributed by atoms with Gasteiger partial charge in [0, 0.05) is 0 Å². The molecule has 0 aromatic carbocycles. The Morgan fingerprint density at radius 1 is 1.18 bits per heavy atom. The lowest BCUT2D eigenvalue weighted by Crippen LogP contribution is -2.26. The van der Waals surface area contributed by atoms with E-state index in [1.54, 1.807) is 0 Å². The van der Waals surface area contributed by atoms with Crippen LogP contribution in [0.5, 0.6) is 0 Å².